The second-order valence-electron chi connectivity index (χ2n) is 7.29. The first-order chi connectivity index (χ1) is 13.5. The summed E-state index contributed by atoms with van der Waals surface area (Å²) in [6.07, 6.45) is 2.06. The van der Waals surface area contributed by atoms with Crippen molar-refractivity contribution in [3.8, 4) is 0 Å². The van der Waals surface area contributed by atoms with E-state index in [9.17, 15) is 19.5 Å². The van der Waals surface area contributed by atoms with Gasteiger partial charge in [-0.05, 0) is 23.3 Å². The number of likely N-dealkylation sites (tertiary alicyclic amines) is 1. The molecule has 7 heteroatoms. The zero-order valence-corrected chi connectivity index (χ0v) is 15.3. The second-order valence-corrected chi connectivity index (χ2v) is 7.29. The Morgan fingerprint density at radius 1 is 1.07 bits per heavy atom. The van der Waals surface area contributed by atoms with Gasteiger partial charge in [0, 0.05) is 32.1 Å². The van der Waals surface area contributed by atoms with Crippen LogP contribution < -0.4 is 0 Å². The molecule has 28 heavy (non-hydrogen) atoms. The lowest BCUT2D eigenvalue weighted by Gasteiger charge is -2.35. The van der Waals surface area contributed by atoms with Gasteiger partial charge in [-0.1, -0.05) is 30.3 Å². The molecule has 1 aromatic heterocycles. The zero-order chi connectivity index (χ0) is 19.7. The van der Waals surface area contributed by atoms with Crippen LogP contribution in [0.15, 0.2) is 48.7 Å². The first-order valence-corrected chi connectivity index (χ1v) is 9.30. The number of aromatic nitrogens is 1. The van der Waals surface area contributed by atoms with Crippen molar-refractivity contribution in [1.82, 2.24) is 14.8 Å². The minimum atomic E-state index is -1.02. The predicted octanol–water partition coefficient (Wildman–Crippen LogP) is 1.47. The van der Waals surface area contributed by atoms with Gasteiger partial charge < -0.3 is 14.9 Å². The number of fused-ring (bicyclic) bond motifs is 1. The highest BCUT2D eigenvalue weighted by atomic mass is 16.4. The maximum atomic E-state index is 13.1. The summed E-state index contributed by atoms with van der Waals surface area (Å²) in [7, 11) is 0. The normalized spacial score (nSPS) is 21.5. The fourth-order valence-electron chi connectivity index (χ4n) is 3.99. The number of pyridine rings is 1. The van der Waals surface area contributed by atoms with E-state index in [1.54, 1.807) is 11.1 Å². The minimum Gasteiger partial charge on any atom is -0.480 e. The number of hydrogen-bond acceptors (Lipinski definition) is 4. The Morgan fingerprint density at radius 3 is 2.54 bits per heavy atom. The third-order valence-electron chi connectivity index (χ3n) is 5.46. The van der Waals surface area contributed by atoms with Crippen LogP contribution in [0, 0.1) is 5.92 Å². The Labute approximate surface area is 162 Å². The van der Waals surface area contributed by atoms with Crippen molar-refractivity contribution in [2.24, 2.45) is 5.92 Å². The Morgan fingerprint density at radius 2 is 1.82 bits per heavy atom. The highest BCUT2D eigenvalue weighted by Gasteiger charge is 2.41. The third-order valence-corrected chi connectivity index (χ3v) is 5.46. The molecule has 0 aliphatic carbocycles. The third kappa shape index (κ3) is 3.47. The van der Waals surface area contributed by atoms with Gasteiger partial charge in [0.1, 0.15) is 6.04 Å². The van der Waals surface area contributed by atoms with Crippen LogP contribution in [-0.4, -0.2) is 50.3 Å². The van der Waals surface area contributed by atoms with Crippen LogP contribution in [0.4, 0.5) is 0 Å². The number of rotatable bonds is 4. The lowest BCUT2D eigenvalue weighted by molar-refractivity contribution is -0.153. The number of nitrogens with zero attached hydrogens (tertiary/aromatic N) is 3. The van der Waals surface area contributed by atoms with E-state index in [1.807, 2.05) is 42.5 Å². The van der Waals surface area contributed by atoms with Gasteiger partial charge in [0.05, 0.1) is 18.2 Å². The van der Waals surface area contributed by atoms with E-state index in [2.05, 4.69) is 4.98 Å². The van der Waals surface area contributed by atoms with Crippen LogP contribution in [0.25, 0.3) is 0 Å². The monoisotopic (exact) mass is 379 g/mol. The average molecular weight is 379 g/mol. The minimum absolute atomic E-state index is 0.103. The molecular weight excluding hydrogens is 358 g/mol. The molecule has 2 amide bonds. The number of benzene rings is 1. The SMILES string of the molecule is O=C(O)[C@@H]1Cc2ccccc2CN1C(=O)[C@H]1CC(=O)N(Cc2ccccn2)C1. The van der Waals surface area contributed by atoms with Crippen molar-refractivity contribution < 1.29 is 19.5 Å². The second kappa shape index (κ2) is 7.42. The van der Waals surface area contributed by atoms with Gasteiger partial charge >= 0.3 is 5.97 Å². The highest BCUT2D eigenvalue weighted by molar-refractivity contribution is 5.91. The Bertz CT molecular complexity index is 915. The van der Waals surface area contributed by atoms with Crippen molar-refractivity contribution in [3.05, 3.63) is 65.5 Å². The smallest absolute Gasteiger partial charge is 0.326 e. The molecule has 0 radical (unpaired) electrons. The molecule has 3 heterocycles. The fourth-order valence-corrected chi connectivity index (χ4v) is 3.99. The van der Waals surface area contributed by atoms with Gasteiger partial charge in [-0.3, -0.25) is 14.6 Å². The van der Waals surface area contributed by atoms with Crippen molar-refractivity contribution in [2.75, 3.05) is 6.54 Å². The molecule has 1 aromatic carbocycles. The molecule has 1 saturated heterocycles. The molecule has 2 aliphatic rings. The number of carbonyl (C=O) groups is 3. The predicted molar refractivity (Wildman–Crippen MR) is 99.9 cm³/mol. The lowest BCUT2D eigenvalue weighted by atomic mass is 9.92. The van der Waals surface area contributed by atoms with E-state index in [0.717, 1.165) is 16.8 Å². The number of hydrogen-bond donors (Lipinski definition) is 1. The summed E-state index contributed by atoms with van der Waals surface area (Å²) in [6.45, 7) is 0.907. The fraction of sp³-hybridized carbons (Fsp3) is 0.333. The molecule has 1 N–H and O–H groups in total. The van der Waals surface area contributed by atoms with Crippen LogP contribution in [0.1, 0.15) is 23.2 Å². The number of amides is 2. The summed E-state index contributed by atoms with van der Waals surface area (Å²) in [5, 5.41) is 9.65. The van der Waals surface area contributed by atoms with Crippen LogP contribution in [0.2, 0.25) is 0 Å². The van der Waals surface area contributed by atoms with Crippen molar-refractivity contribution >= 4 is 17.8 Å². The number of carboxylic acids is 1. The quantitative estimate of drug-likeness (QED) is 0.869. The molecule has 144 valence electrons. The zero-order valence-electron chi connectivity index (χ0n) is 15.3. The standard InChI is InChI=1S/C21H21N3O4/c25-19-10-16(11-23(19)13-17-7-3-4-8-22-17)20(26)24-12-15-6-2-1-5-14(15)9-18(24)21(27)28/h1-8,16,18H,9-13H2,(H,27,28)/t16-,18-/m0/s1. The van der Waals surface area contributed by atoms with Gasteiger partial charge in [-0.2, -0.15) is 0 Å². The van der Waals surface area contributed by atoms with Gasteiger partial charge in [0.2, 0.25) is 11.8 Å². The van der Waals surface area contributed by atoms with Crippen LogP contribution in [0.5, 0.6) is 0 Å². The summed E-state index contributed by atoms with van der Waals surface area (Å²) in [5.41, 5.74) is 2.68. The van der Waals surface area contributed by atoms with Crippen LogP contribution in [0.3, 0.4) is 0 Å². The molecule has 0 bridgehead atoms. The lowest BCUT2D eigenvalue weighted by Crippen LogP contribution is -2.51. The van der Waals surface area contributed by atoms with Crippen LogP contribution in [-0.2, 0) is 33.9 Å². The summed E-state index contributed by atoms with van der Waals surface area (Å²) in [6, 6.07) is 12.2. The van der Waals surface area contributed by atoms with E-state index in [1.165, 1.54) is 4.90 Å². The molecule has 0 unspecified atom stereocenters. The molecule has 2 aromatic rings. The van der Waals surface area contributed by atoms with Gasteiger partial charge in [-0.25, -0.2) is 4.79 Å². The van der Waals surface area contributed by atoms with E-state index >= 15 is 0 Å². The Balaban J connectivity index is 1.50. The molecule has 4 rings (SSSR count). The summed E-state index contributed by atoms with van der Waals surface area (Å²) < 4.78 is 0. The topological polar surface area (TPSA) is 90.8 Å². The Hall–Kier alpha value is -3.22. The first-order valence-electron chi connectivity index (χ1n) is 9.30. The maximum absolute atomic E-state index is 13.1. The molecule has 7 nitrogen and oxygen atoms in total. The molecule has 0 saturated carbocycles. The van der Waals surface area contributed by atoms with E-state index < -0.39 is 17.9 Å². The molecule has 2 aliphatic heterocycles. The summed E-state index contributed by atoms with van der Waals surface area (Å²) >= 11 is 0. The van der Waals surface area contributed by atoms with Crippen molar-refractivity contribution in [2.45, 2.75) is 32.0 Å². The Kier molecular flexibility index (Phi) is 4.81. The van der Waals surface area contributed by atoms with Crippen molar-refractivity contribution in [3.63, 3.8) is 0 Å². The number of carboxylic acid groups (broad SMARTS) is 1. The highest BCUT2D eigenvalue weighted by Crippen LogP contribution is 2.28. The molecule has 0 spiro atoms. The van der Waals surface area contributed by atoms with Gasteiger partial charge in [0.25, 0.3) is 0 Å². The first kappa shape index (κ1) is 18.2. The molecule has 1 fully saturated rings. The summed E-state index contributed by atoms with van der Waals surface area (Å²) in [4.78, 5) is 44.6. The molecular formula is C21H21N3O4. The van der Waals surface area contributed by atoms with E-state index in [4.69, 9.17) is 0 Å². The number of carbonyl (C=O) groups excluding carboxylic acids is 2. The van der Waals surface area contributed by atoms with Gasteiger partial charge in [0.15, 0.2) is 0 Å². The summed E-state index contributed by atoms with van der Waals surface area (Å²) in [5.74, 6) is -1.91. The molecule has 2 atom stereocenters. The van der Waals surface area contributed by atoms with E-state index in [-0.39, 0.29) is 31.2 Å². The van der Waals surface area contributed by atoms with Crippen molar-refractivity contribution in [1.29, 1.82) is 0 Å². The maximum Gasteiger partial charge on any atom is 0.326 e. The largest absolute Gasteiger partial charge is 0.480 e. The van der Waals surface area contributed by atoms with E-state index in [0.29, 0.717) is 13.1 Å². The van der Waals surface area contributed by atoms with Crippen LogP contribution >= 0.6 is 0 Å². The van der Waals surface area contributed by atoms with Gasteiger partial charge in [-0.15, -0.1) is 0 Å². The number of aliphatic carboxylic acids is 1. The average Bonchev–Trinajstić information content (AvgIpc) is 3.07.